The van der Waals surface area contributed by atoms with Crippen LogP contribution in [0.15, 0.2) is 48.5 Å². The van der Waals surface area contributed by atoms with Crippen LogP contribution in [0.1, 0.15) is 10.4 Å². The molecule has 0 unspecified atom stereocenters. The predicted octanol–water partition coefficient (Wildman–Crippen LogP) is 2.43. The van der Waals surface area contributed by atoms with Crippen molar-refractivity contribution < 1.29 is 14.3 Å². The number of nitrogens with one attached hydrogen (secondary N) is 1. The second-order valence-electron chi connectivity index (χ2n) is 4.82. The minimum Gasteiger partial charge on any atom is -0.496 e. The molecular weight excluding hydrogens is 292 g/mol. The minimum absolute atomic E-state index is 0.291. The van der Waals surface area contributed by atoms with Gasteiger partial charge in [0.15, 0.2) is 11.7 Å². The Labute approximate surface area is 134 Å². The molecule has 0 bridgehead atoms. The lowest BCUT2D eigenvalue weighted by molar-refractivity contribution is -0.121. The van der Waals surface area contributed by atoms with Crippen LogP contribution in [0.2, 0.25) is 0 Å². The average molecular weight is 308 g/mol. The molecule has 2 rings (SSSR count). The summed E-state index contributed by atoms with van der Waals surface area (Å²) in [4.78, 5) is 24.1. The number of hydrogen-bond donors (Lipinski definition) is 1. The summed E-state index contributed by atoms with van der Waals surface area (Å²) in [6.07, 6.45) is 0. The first-order valence-electron chi connectivity index (χ1n) is 7.01. The van der Waals surface area contributed by atoms with E-state index in [0.717, 1.165) is 11.1 Å². The van der Waals surface area contributed by atoms with Crippen LogP contribution in [0, 0.1) is 17.2 Å². The number of carbonyl (C=O) groups excluding carboxylic acids is 2. The molecule has 116 valence electrons. The first-order chi connectivity index (χ1) is 11.1. The molecule has 0 fully saturated rings. The molecule has 1 N–H and O–H groups in total. The van der Waals surface area contributed by atoms with E-state index in [4.69, 9.17) is 10.00 Å². The fourth-order valence-corrected chi connectivity index (χ4v) is 2.25. The van der Waals surface area contributed by atoms with E-state index in [1.165, 1.54) is 7.05 Å². The molecule has 1 amide bonds. The van der Waals surface area contributed by atoms with Crippen LogP contribution >= 0.6 is 0 Å². The molecule has 0 radical (unpaired) electrons. The molecule has 0 aliphatic heterocycles. The summed E-state index contributed by atoms with van der Waals surface area (Å²) >= 11 is 0. The number of nitriles is 1. The molecule has 0 saturated heterocycles. The summed E-state index contributed by atoms with van der Waals surface area (Å²) in [6.45, 7) is 0. The van der Waals surface area contributed by atoms with E-state index in [0.29, 0.717) is 11.3 Å². The van der Waals surface area contributed by atoms with Gasteiger partial charge in [0.25, 0.3) is 0 Å². The van der Waals surface area contributed by atoms with Gasteiger partial charge < -0.3 is 10.1 Å². The summed E-state index contributed by atoms with van der Waals surface area (Å²) in [7, 11) is 2.94. The zero-order valence-corrected chi connectivity index (χ0v) is 12.9. The highest BCUT2D eigenvalue weighted by atomic mass is 16.5. The van der Waals surface area contributed by atoms with E-state index in [9.17, 15) is 9.59 Å². The van der Waals surface area contributed by atoms with Crippen molar-refractivity contribution >= 4 is 11.7 Å². The number of carbonyl (C=O) groups is 2. The van der Waals surface area contributed by atoms with Gasteiger partial charge in [-0.15, -0.1) is 0 Å². The van der Waals surface area contributed by atoms with E-state index in [2.05, 4.69) is 5.32 Å². The van der Waals surface area contributed by atoms with Gasteiger partial charge in [-0.1, -0.05) is 30.3 Å². The van der Waals surface area contributed by atoms with Crippen molar-refractivity contribution in [2.45, 2.75) is 0 Å². The molecule has 0 heterocycles. The highest BCUT2D eigenvalue weighted by Gasteiger charge is 2.27. The number of Topliss-reactive ketones (excluding diaryl/α,β-unsaturated/α-hetero) is 1. The first-order valence-corrected chi connectivity index (χ1v) is 7.01. The second-order valence-corrected chi connectivity index (χ2v) is 4.82. The first kappa shape index (κ1) is 16.2. The smallest absolute Gasteiger partial charge is 0.245 e. The maximum absolute atomic E-state index is 12.4. The van der Waals surface area contributed by atoms with E-state index >= 15 is 0 Å². The highest BCUT2D eigenvalue weighted by molar-refractivity contribution is 6.12. The highest BCUT2D eigenvalue weighted by Crippen LogP contribution is 2.31. The zero-order valence-electron chi connectivity index (χ0n) is 12.9. The SMILES string of the molecule is CNC(=O)[C@H](C#N)C(=O)c1ccc(OC)c(-c2ccccc2)c1. The van der Waals surface area contributed by atoms with Crippen LogP contribution < -0.4 is 10.1 Å². The van der Waals surface area contributed by atoms with Gasteiger partial charge in [0.1, 0.15) is 5.75 Å². The summed E-state index contributed by atoms with van der Waals surface area (Å²) in [5.74, 6) is -1.90. The number of benzene rings is 2. The fraction of sp³-hybridized carbons (Fsp3) is 0.167. The summed E-state index contributed by atoms with van der Waals surface area (Å²) < 4.78 is 5.33. The van der Waals surface area contributed by atoms with Crippen LogP contribution in [0.5, 0.6) is 5.75 Å². The van der Waals surface area contributed by atoms with E-state index in [1.54, 1.807) is 31.4 Å². The van der Waals surface area contributed by atoms with Gasteiger partial charge in [-0.2, -0.15) is 5.26 Å². The molecule has 2 aromatic rings. The maximum Gasteiger partial charge on any atom is 0.245 e. The fourth-order valence-electron chi connectivity index (χ4n) is 2.25. The van der Waals surface area contributed by atoms with Crippen LogP contribution in [0.4, 0.5) is 0 Å². The van der Waals surface area contributed by atoms with Crippen LogP contribution in [-0.4, -0.2) is 25.8 Å². The molecular formula is C18H16N2O3. The minimum atomic E-state index is -1.36. The maximum atomic E-state index is 12.4. The molecule has 2 aromatic carbocycles. The average Bonchev–Trinajstić information content (AvgIpc) is 2.62. The number of hydrogen-bond acceptors (Lipinski definition) is 4. The van der Waals surface area contributed by atoms with Crippen LogP contribution in [0.3, 0.4) is 0 Å². The van der Waals surface area contributed by atoms with E-state index < -0.39 is 17.6 Å². The topological polar surface area (TPSA) is 79.2 Å². The number of methoxy groups -OCH3 is 1. The molecule has 5 heteroatoms. The van der Waals surface area contributed by atoms with Gasteiger partial charge in [0.2, 0.25) is 5.91 Å². The van der Waals surface area contributed by atoms with Crippen molar-refractivity contribution in [2.75, 3.05) is 14.2 Å². The monoisotopic (exact) mass is 308 g/mol. The molecule has 0 aliphatic carbocycles. The Bertz CT molecular complexity index is 764. The van der Waals surface area contributed by atoms with Crippen molar-refractivity contribution in [3.8, 4) is 22.9 Å². The van der Waals surface area contributed by atoms with Gasteiger partial charge in [-0.3, -0.25) is 9.59 Å². The Morgan fingerprint density at radius 3 is 2.43 bits per heavy atom. The predicted molar refractivity (Wildman–Crippen MR) is 85.9 cm³/mol. The summed E-state index contributed by atoms with van der Waals surface area (Å²) in [6, 6.07) is 16.0. The van der Waals surface area contributed by atoms with Gasteiger partial charge in [0, 0.05) is 18.2 Å². The zero-order chi connectivity index (χ0) is 16.8. The van der Waals surface area contributed by atoms with Crippen molar-refractivity contribution in [3.63, 3.8) is 0 Å². The van der Waals surface area contributed by atoms with Gasteiger partial charge in [-0.25, -0.2) is 0 Å². The lowest BCUT2D eigenvalue weighted by Crippen LogP contribution is -2.32. The second kappa shape index (κ2) is 7.23. The third kappa shape index (κ3) is 3.38. The van der Waals surface area contributed by atoms with E-state index in [1.807, 2.05) is 30.3 Å². The Morgan fingerprint density at radius 2 is 1.87 bits per heavy atom. The molecule has 1 atom stereocenters. The third-order valence-corrected chi connectivity index (χ3v) is 3.47. The Hall–Kier alpha value is -3.13. The van der Waals surface area contributed by atoms with Crippen molar-refractivity contribution in [2.24, 2.45) is 5.92 Å². The molecule has 5 nitrogen and oxygen atoms in total. The normalized spacial score (nSPS) is 11.2. The largest absolute Gasteiger partial charge is 0.496 e. The number of nitrogens with zero attached hydrogens (tertiary/aromatic N) is 1. The molecule has 0 spiro atoms. The Kier molecular flexibility index (Phi) is 5.11. The van der Waals surface area contributed by atoms with Crippen LogP contribution in [0.25, 0.3) is 11.1 Å². The summed E-state index contributed by atoms with van der Waals surface area (Å²) in [5, 5.41) is 11.4. The quantitative estimate of drug-likeness (QED) is 0.679. The molecule has 0 aliphatic rings. The Balaban J connectivity index is 2.48. The Morgan fingerprint density at radius 1 is 1.17 bits per heavy atom. The lowest BCUT2D eigenvalue weighted by Gasteiger charge is -2.12. The van der Waals surface area contributed by atoms with Gasteiger partial charge >= 0.3 is 0 Å². The number of amides is 1. The van der Waals surface area contributed by atoms with Crippen molar-refractivity contribution in [3.05, 3.63) is 54.1 Å². The number of ether oxygens (including phenoxy) is 1. The van der Waals surface area contributed by atoms with Crippen LogP contribution in [-0.2, 0) is 4.79 Å². The molecule has 0 saturated carbocycles. The number of rotatable bonds is 5. The molecule has 0 aromatic heterocycles. The number of ketones is 1. The third-order valence-electron chi connectivity index (χ3n) is 3.47. The summed E-state index contributed by atoms with van der Waals surface area (Å²) in [5.41, 5.74) is 1.90. The van der Waals surface area contributed by atoms with Crippen molar-refractivity contribution in [1.29, 1.82) is 5.26 Å². The van der Waals surface area contributed by atoms with Gasteiger partial charge in [0.05, 0.1) is 13.2 Å². The standard InChI is InChI=1S/C18H16N2O3/c1-20-18(22)15(11-19)17(21)13-8-9-16(23-2)14(10-13)12-6-4-3-5-7-12/h3-10,15H,1-2H3,(H,20,22)/t15-/m1/s1. The lowest BCUT2D eigenvalue weighted by atomic mass is 9.94. The van der Waals surface area contributed by atoms with Gasteiger partial charge in [-0.05, 0) is 23.8 Å². The van der Waals surface area contributed by atoms with E-state index in [-0.39, 0.29) is 0 Å². The van der Waals surface area contributed by atoms with Crippen molar-refractivity contribution in [1.82, 2.24) is 5.32 Å². The molecule has 23 heavy (non-hydrogen) atoms.